The molecule has 2 aromatic heterocycles. The molecule has 9 nitrogen and oxygen atoms in total. The topological polar surface area (TPSA) is 146 Å². The molecule has 0 aliphatic rings. The van der Waals surface area contributed by atoms with Crippen molar-refractivity contribution in [1.29, 1.82) is 0 Å². The molecule has 0 saturated heterocycles. The second kappa shape index (κ2) is 28.4. The van der Waals surface area contributed by atoms with Gasteiger partial charge in [-0.2, -0.15) is 13.2 Å². The summed E-state index contributed by atoms with van der Waals surface area (Å²) in [6.45, 7) is 9.60. The number of hydrogen-bond acceptors (Lipinski definition) is 9. The van der Waals surface area contributed by atoms with Gasteiger partial charge < -0.3 is 30.0 Å². The van der Waals surface area contributed by atoms with Crippen molar-refractivity contribution < 1.29 is 57.9 Å². The number of carboxylic acid groups (broad SMARTS) is 1. The number of rotatable bonds is 10. The van der Waals surface area contributed by atoms with E-state index in [2.05, 4.69) is 27.0 Å². The second-order valence-electron chi connectivity index (χ2n) is 6.34. The predicted octanol–water partition coefficient (Wildman–Crippen LogP) is 1.74. The third-order valence-corrected chi connectivity index (χ3v) is 3.88. The van der Waals surface area contributed by atoms with E-state index in [-0.39, 0.29) is 20.4 Å². The molecule has 2 heterocycles. The van der Waals surface area contributed by atoms with Gasteiger partial charge in [0.2, 0.25) is 0 Å². The molecule has 0 aliphatic carbocycles. The maximum absolute atomic E-state index is 10.5. The van der Waals surface area contributed by atoms with Gasteiger partial charge in [-0.15, -0.1) is 0 Å². The average molecular weight is 688 g/mol. The van der Waals surface area contributed by atoms with Crippen molar-refractivity contribution in [2.45, 2.75) is 44.9 Å². The van der Waals surface area contributed by atoms with Gasteiger partial charge in [-0.25, -0.2) is 0 Å². The number of hydrogen-bond donors (Lipinski definition) is 1. The van der Waals surface area contributed by atoms with E-state index in [4.69, 9.17) is 30.0 Å². The monoisotopic (exact) mass is 688 g/mol. The van der Waals surface area contributed by atoms with Crippen LogP contribution in [0.4, 0.5) is 13.2 Å². The number of unbranched alkanes of at least 4 members (excludes halogenated alkanes) is 3. The number of carboxylic acids is 1. The van der Waals surface area contributed by atoms with Crippen LogP contribution in [0.5, 0.6) is 0 Å². The third-order valence-electron chi connectivity index (χ3n) is 3.88. The second-order valence-corrected chi connectivity index (χ2v) is 6.34. The molecule has 0 saturated carbocycles. The standard InChI is InChI=1S/C18H26N4.C2HF3O2.3CH2O.Re/c19-11-5-1-2-8-14-22(15-17-9-3-6-12-20-17)16-18-10-4-7-13-21-18;3-2(4,5)1(6)7;3*1-2;/h3-4,6-7,9-10,12-13H,1-2,5,8,11,14-16,19H2;(H,6,7);3*1H2;/p-1. The molecular formula is C23H32F3N4O5Re-. The van der Waals surface area contributed by atoms with Crippen LogP contribution in [0.1, 0.15) is 37.1 Å². The van der Waals surface area contributed by atoms with Gasteiger partial charge in [-0.05, 0) is 50.2 Å². The predicted molar refractivity (Wildman–Crippen MR) is 123 cm³/mol. The normalized spacial score (nSPS) is 9.25. The number of pyridine rings is 2. The molecule has 2 aromatic rings. The van der Waals surface area contributed by atoms with Crippen molar-refractivity contribution in [2.24, 2.45) is 5.73 Å². The van der Waals surface area contributed by atoms with Crippen LogP contribution < -0.4 is 10.8 Å². The van der Waals surface area contributed by atoms with Crippen molar-refractivity contribution in [1.82, 2.24) is 14.9 Å². The van der Waals surface area contributed by atoms with Gasteiger partial charge in [0.1, 0.15) is 26.3 Å². The Morgan fingerprint density at radius 2 is 1.22 bits per heavy atom. The van der Waals surface area contributed by atoms with Crippen LogP contribution in [-0.2, 0) is 52.7 Å². The molecule has 36 heavy (non-hydrogen) atoms. The van der Waals surface area contributed by atoms with Crippen LogP contribution in [0, 0.1) is 0 Å². The Morgan fingerprint density at radius 1 is 0.833 bits per heavy atom. The number of alkyl halides is 3. The zero-order chi connectivity index (χ0) is 27.5. The summed E-state index contributed by atoms with van der Waals surface area (Å²) >= 11 is 0. The Kier molecular flexibility index (Phi) is 31.8. The molecule has 0 fully saturated rings. The van der Waals surface area contributed by atoms with Crippen molar-refractivity contribution in [3.63, 3.8) is 0 Å². The number of nitrogens with two attached hydrogens (primary N) is 1. The fourth-order valence-corrected chi connectivity index (χ4v) is 2.49. The van der Waals surface area contributed by atoms with Crippen molar-refractivity contribution >= 4 is 26.3 Å². The van der Waals surface area contributed by atoms with Crippen molar-refractivity contribution in [3.8, 4) is 0 Å². The Morgan fingerprint density at radius 3 is 1.53 bits per heavy atom. The van der Waals surface area contributed by atoms with Gasteiger partial charge >= 0.3 is 6.18 Å². The molecule has 2 rings (SSSR count). The average Bonchev–Trinajstić information content (AvgIpc) is 2.88. The summed E-state index contributed by atoms with van der Waals surface area (Å²) in [5, 5.41) is 8.78. The van der Waals surface area contributed by atoms with Gasteiger partial charge in [-0.1, -0.05) is 25.0 Å². The molecule has 2 N–H and O–H groups in total. The maximum Gasteiger partial charge on any atom is 0.430 e. The molecule has 13 heteroatoms. The van der Waals surface area contributed by atoms with Crippen molar-refractivity contribution in [3.05, 3.63) is 60.2 Å². The van der Waals surface area contributed by atoms with Gasteiger partial charge in [0.15, 0.2) is 0 Å². The molecular weight excluding hydrogens is 655 g/mol. The zero-order valence-electron chi connectivity index (χ0n) is 19.9. The minimum atomic E-state index is -5.19. The summed E-state index contributed by atoms with van der Waals surface area (Å²) in [6, 6.07) is 12.2. The van der Waals surface area contributed by atoms with Crippen LogP contribution in [0.3, 0.4) is 0 Å². The molecule has 0 amide bonds. The molecule has 0 aliphatic heterocycles. The van der Waals surface area contributed by atoms with E-state index in [1.165, 1.54) is 19.3 Å². The molecule has 0 atom stereocenters. The summed E-state index contributed by atoms with van der Waals surface area (Å²) in [5.41, 5.74) is 7.77. The van der Waals surface area contributed by atoms with Gasteiger partial charge in [0.25, 0.3) is 0 Å². The summed E-state index contributed by atoms with van der Waals surface area (Å²) in [6.07, 6.45) is 3.29. The molecule has 0 bridgehead atoms. The van der Waals surface area contributed by atoms with E-state index in [9.17, 15) is 13.2 Å². The largest absolute Gasteiger partial charge is 0.542 e. The third kappa shape index (κ3) is 24.3. The van der Waals surface area contributed by atoms with E-state index < -0.39 is 12.1 Å². The number of carbonyl (C=O) groups excluding carboxylic acids is 4. The fourth-order valence-electron chi connectivity index (χ4n) is 2.49. The van der Waals surface area contributed by atoms with E-state index in [1.807, 2.05) is 57.0 Å². The van der Waals surface area contributed by atoms with Crippen molar-refractivity contribution in [2.75, 3.05) is 13.1 Å². The summed E-state index contributed by atoms with van der Waals surface area (Å²) < 4.78 is 31.5. The van der Waals surface area contributed by atoms with Crippen LogP contribution in [-0.4, -0.2) is 60.5 Å². The van der Waals surface area contributed by atoms with Crippen LogP contribution in [0.15, 0.2) is 48.8 Å². The Hall–Kier alpha value is -2.85. The number of halogens is 3. The maximum atomic E-state index is 10.5. The summed E-state index contributed by atoms with van der Waals surface area (Å²) in [4.78, 5) is 44.1. The first-order valence-corrected chi connectivity index (χ1v) is 10.2. The minimum Gasteiger partial charge on any atom is -0.542 e. The number of nitrogens with zero attached hydrogens (tertiary/aromatic N) is 3. The smallest absolute Gasteiger partial charge is 0.430 e. The van der Waals surface area contributed by atoms with E-state index >= 15 is 0 Å². The summed E-state index contributed by atoms with van der Waals surface area (Å²) in [7, 11) is 0. The van der Waals surface area contributed by atoms with E-state index in [1.54, 1.807) is 0 Å². The van der Waals surface area contributed by atoms with E-state index in [0.717, 1.165) is 44.0 Å². The SMILES string of the molecule is C=O.C=O.C=O.NCCCCCCN(Cc1ccccn1)Cc1ccccn1.O=C([O-])C(F)(F)F.[Re]. The number of carbonyl (C=O) groups is 4. The van der Waals surface area contributed by atoms with Crippen LogP contribution in [0.2, 0.25) is 0 Å². The Balaban J connectivity index is -0.000000310. The quantitative estimate of drug-likeness (QED) is 0.369. The Labute approximate surface area is 223 Å². The minimum absolute atomic E-state index is 0. The van der Waals surface area contributed by atoms with Gasteiger partial charge in [-0.3, -0.25) is 14.9 Å². The molecule has 1 radical (unpaired) electrons. The van der Waals surface area contributed by atoms with E-state index in [0.29, 0.717) is 0 Å². The van der Waals surface area contributed by atoms with Gasteiger partial charge in [0, 0.05) is 45.9 Å². The first-order chi connectivity index (χ1) is 16.8. The number of aromatic nitrogens is 2. The first kappa shape index (κ1) is 40.3. The fraction of sp³-hybridized carbons (Fsp3) is 0.391. The number of aliphatic carboxylic acids is 1. The molecule has 0 aromatic carbocycles. The zero-order valence-corrected chi connectivity index (χ0v) is 22.6. The molecule has 0 spiro atoms. The summed E-state index contributed by atoms with van der Waals surface area (Å²) in [5.74, 6) is -3.01. The molecule has 203 valence electrons. The van der Waals surface area contributed by atoms with Crippen LogP contribution >= 0.6 is 0 Å². The Bertz CT molecular complexity index is 701. The van der Waals surface area contributed by atoms with Crippen LogP contribution in [0.25, 0.3) is 0 Å². The van der Waals surface area contributed by atoms with Gasteiger partial charge in [0.05, 0.1) is 11.4 Å². The molecule has 0 unspecified atom stereocenters. The first-order valence-electron chi connectivity index (χ1n) is 10.2.